The fourth-order valence-corrected chi connectivity index (χ4v) is 5.42. The van der Waals surface area contributed by atoms with Crippen molar-refractivity contribution >= 4 is 27.9 Å². The average Bonchev–Trinajstić information content (AvgIpc) is 2.99. The number of nitrogens with zero attached hydrogens (tertiary/aromatic N) is 1. The summed E-state index contributed by atoms with van der Waals surface area (Å²) < 4.78 is 0. The van der Waals surface area contributed by atoms with E-state index >= 15 is 0 Å². The van der Waals surface area contributed by atoms with E-state index in [-0.39, 0.29) is 17.0 Å². The quantitative estimate of drug-likeness (QED) is 0.512. The van der Waals surface area contributed by atoms with Crippen LogP contribution in [0.5, 0.6) is 5.75 Å². The molecule has 1 aliphatic heterocycles. The standard InChI is InChI=1S/C20H23N3O4S/c1-20(2,3)11-5-6-12-15(9-11)28-19-16(12)18(25)21-17(22-19)10-4-7-14(24)13(8-10)23(26)27/h4,7-8,11,17,22,24H,5-6,9H2,1-3H3,(H,21,25)/t11-,17-/m1/s1. The molecule has 0 saturated carbocycles. The Morgan fingerprint density at radius 1 is 1.29 bits per heavy atom. The van der Waals surface area contributed by atoms with Gasteiger partial charge in [-0.05, 0) is 42.2 Å². The van der Waals surface area contributed by atoms with Gasteiger partial charge in [0.25, 0.3) is 5.91 Å². The molecule has 1 aromatic heterocycles. The first-order valence-electron chi connectivity index (χ1n) is 9.34. The molecule has 2 heterocycles. The third-order valence-electron chi connectivity index (χ3n) is 5.80. The molecule has 1 aliphatic carbocycles. The molecule has 0 fully saturated rings. The molecule has 3 N–H and O–H groups in total. The molecule has 4 rings (SSSR count). The second-order valence-electron chi connectivity index (χ2n) is 8.57. The van der Waals surface area contributed by atoms with Crippen LogP contribution in [0.3, 0.4) is 0 Å². The highest BCUT2D eigenvalue weighted by molar-refractivity contribution is 7.16. The summed E-state index contributed by atoms with van der Waals surface area (Å²) in [7, 11) is 0. The lowest BCUT2D eigenvalue weighted by Gasteiger charge is -2.34. The summed E-state index contributed by atoms with van der Waals surface area (Å²) in [5.74, 6) is 0.0382. The van der Waals surface area contributed by atoms with Gasteiger partial charge in [0.05, 0.1) is 10.5 Å². The SMILES string of the molecule is CC(C)(C)[C@@H]1CCc2c(sc3c2C(=O)N[C@@H](c2ccc(O)c([N+](=O)[O-])c2)N3)C1. The van der Waals surface area contributed by atoms with E-state index in [9.17, 15) is 20.0 Å². The Bertz CT molecular complexity index is 977. The number of amides is 1. The van der Waals surface area contributed by atoms with Gasteiger partial charge in [0.15, 0.2) is 5.75 Å². The summed E-state index contributed by atoms with van der Waals surface area (Å²) >= 11 is 1.62. The summed E-state index contributed by atoms with van der Waals surface area (Å²) in [4.78, 5) is 24.6. The van der Waals surface area contributed by atoms with Gasteiger partial charge in [-0.2, -0.15) is 0 Å². The molecule has 1 amide bonds. The molecule has 8 heteroatoms. The van der Waals surface area contributed by atoms with Crippen LogP contribution in [-0.2, 0) is 12.8 Å². The Hall–Kier alpha value is -2.61. The first kappa shape index (κ1) is 18.7. The molecule has 2 aliphatic rings. The van der Waals surface area contributed by atoms with Crippen LogP contribution in [-0.4, -0.2) is 15.9 Å². The van der Waals surface area contributed by atoms with Crippen molar-refractivity contribution in [1.29, 1.82) is 0 Å². The molecule has 0 bridgehead atoms. The van der Waals surface area contributed by atoms with Gasteiger partial charge in [-0.1, -0.05) is 26.8 Å². The fraction of sp³-hybridized carbons (Fsp3) is 0.450. The molecule has 0 radical (unpaired) electrons. The normalized spacial score (nSPS) is 21.3. The Balaban J connectivity index is 1.65. The number of fused-ring (bicyclic) bond motifs is 3. The van der Waals surface area contributed by atoms with Crippen LogP contribution in [0.15, 0.2) is 18.2 Å². The number of carbonyl (C=O) groups excluding carboxylic acids is 1. The van der Waals surface area contributed by atoms with Crippen LogP contribution in [0.25, 0.3) is 0 Å². The maximum atomic E-state index is 12.8. The number of hydrogen-bond acceptors (Lipinski definition) is 6. The minimum Gasteiger partial charge on any atom is -0.502 e. The van der Waals surface area contributed by atoms with Crippen LogP contribution in [0.4, 0.5) is 10.7 Å². The van der Waals surface area contributed by atoms with Crippen LogP contribution in [0.2, 0.25) is 0 Å². The van der Waals surface area contributed by atoms with Crippen molar-refractivity contribution in [3.05, 3.63) is 49.9 Å². The predicted molar refractivity (Wildman–Crippen MR) is 108 cm³/mol. The molecule has 0 unspecified atom stereocenters. The highest BCUT2D eigenvalue weighted by Crippen LogP contribution is 2.46. The summed E-state index contributed by atoms with van der Waals surface area (Å²) in [5, 5.41) is 27.8. The lowest BCUT2D eigenvalue weighted by atomic mass is 9.72. The second-order valence-corrected chi connectivity index (χ2v) is 9.67. The summed E-state index contributed by atoms with van der Waals surface area (Å²) in [6.07, 6.45) is 2.37. The van der Waals surface area contributed by atoms with E-state index in [0.717, 1.165) is 35.4 Å². The molecule has 2 aromatic rings. The number of carbonyl (C=O) groups is 1. The van der Waals surface area contributed by atoms with Crippen LogP contribution in [0, 0.1) is 21.4 Å². The Morgan fingerprint density at radius 2 is 2.04 bits per heavy atom. The summed E-state index contributed by atoms with van der Waals surface area (Å²) in [5.41, 5.74) is 2.24. The van der Waals surface area contributed by atoms with E-state index in [1.54, 1.807) is 17.4 Å². The third kappa shape index (κ3) is 3.11. The fourth-order valence-electron chi connectivity index (χ4n) is 4.07. The predicted octanol–water partition coefficient (Wildman–Crippen LogP) is 4.37. The van der Waals surface area contributed by atoms with E-state index in [2.05, 4.69) is 31.4 Å². The number of hydrogen-bond donors (Lipinski definition) is 3. The van der Waals surface area contributed by atoms with Gasteiger partial charge in [-0.15, -0.1) is 11.3 Å². The van der Waals surface area contributed by atoms with E-state index in [0.29, 0.717) is 11.5 Å². The smallest absolute Gasteiger partial charge is 0.311 e. The number of phenols is 1. The van der Waals surface area contributed by atoms with Crippen molar-refractivity contribution in [3.63, 3.8) is 0 Å². The lowest BCUT2D eigenvalue weighted by Crippen LogP contribution is -2.38. The van der Waals surface area contributed by atoms with Crippen LogP contribution < -0.4 is 10.6 Å². The zero-order valence-electron chi connectivity index (χ0n) is 16.0. The zero-order valence-corrected chi connectivity index (χ0v) is 16.9. The highest BCUT2D eigenvalue weighted by Gasteiger charge is 2.36. The number of aromatic hydroxyl groups is 1. The number of benzene rings is 1. The summed E-state index contributed by atoms with van der Waals surface area (Å²) in [6.45, 7) is 6.78. The number of rotatable bonds is 2. The van der Waals surface area contributed by atoms with Crippen molar-refractivity contribution in [3.8, 4) is 5.75 Å². The second kappa shape index (κ2) is 6.48. The Kier molecular flexibility index (Phi) is 4.33. The first-order valence-corrected chi connectivity index (χ1v) is 10.2. The molecule has 0 saturated heterocycles. The third-order valence-corrected chi connectivity index (χ3v) is 6.98. The highest BCUT2D eigenvalue weighted by atomic mass is 32.1. The number of nitrogens with one attached hydrogen (secondary N) is 2. The van der Waals surface area contributed by atoms with Gasteiger partial charge in [0.2, 0.25) is 0 Å². The van der Waals surface area contributed by atoms with Crippen molar-refractivity contribution in [2.24, 2.45) is 11.3 Å². The van der Waals surface area contributed by atoms with Crippen molar-refractivity contribution in [2.75, 3.05) is 5.32 Å². The van der Waals surface area contributed by atoms with Crippen LogP contribution in [0.1, 0.15) is 59.7 Å². The minimum atomic E-state index is -0.634. The number of nitro benzene ring substituents is 1. The number of phenolic OH excluding ortho intramolecular Hbond substituents is 1. The van der Waals surface area contributed by atoms with E-state index in [4.69, 9.17) is 0 Å². The zero-order chi connectivity index (χ0) is 20.2. The molecule has 0 spiro atoms. The Morgan fingerprint density at radius 3 is 2.71 bits per heavy atom. The van der Waals surface area contributed by atoms with E-state index in [1.165, 1.54) is 17.0 Å². The van der Waals surface area contributed by atoms with Crippen molar-refractivity contribution in [1.82, 2.24) is 5.32 Å². The van der Waals surface area contributed by atoms with Gasteiger partial charge in [-0.3, -0.25) is 14.9 Å². The number of thiophene rings is 1. The number of anilines is 1. The van der Waals surface area contributed by atoms with Gasteiger partial charge >= 0.3 is 5.69 Å². The minimum absolute atomic E-state index is 0.152. The average molecular weight is 401 g/mol. The van der Waals surface area contributed by atoms with Gasteiger partial charge < -0.3 is 15.7 Å². The van der Waals surface area contributed by atoms with Gasteiger partial charge in [0.1, 0.15) is 11.2 Å². The van der Waals surface area contributed by atoms with Crippen molar-refractivity contribution < 1.29 is 14.8 Å². The van der Waals surface area contributed by atoms with Crippen molar-refractivity contribution in [2.45, 2.75) is 46.2 Å². The topological polar surface area (TPSA) is 104 Å². The maximum absolute atomic E-state index is 12.8. The van der Waals surface area contributed by atoms with E-state index < -0.39 is 16.8 Å². The molecule has 7 nitrogen and oxygen atoms in total. The Labute approximate surface area is 166 Å². The van der Waals surface area contributed by atoms with Gasteiger partial charge in [-0.25, -0.2) is 0 Å². The van der Waals surface area contributed by atoms with Gasteiger partial charge in [0, 0.05) is 16.5 Å². The monoisotopic (exact) mass is 401 g/mol. The largest absolute Gasteiger partial charge is 0.502 e. The lowest BCUT2D eigenvalue weighted by molar-refractivity contribution is -0.385. The molecule has 1 aromatic carbocycles. The molecule has 148 valence electrons. The maximum Gasteiger partial charge on any atom is 0.311 e. The van der Waals surface area contributed by atoms with E-state index in [1.807, 2.05) is 0 Å². The molecule has 2 atom stereocenters. The first-order chi connectivity index (χ1) is 13.1. The molecular weight excluding hydrogens is 378 g/mol. The molecule has 28 heavy (non-hydrogen) atoms. The molecular formula is C20H23N3O4S. The summed E-state index contributed by atoms with van der Waals surface area (Å²) in [6, 6.07) is 4.15. The van der Waals surface area contributed by atoms with Crippen LogP contribution >= 0.6 is 11.3 Å². The number of nitro groups is 1.